The predicted octanol–water partition coefficient (Wildman–Crippen LogP) is 3.05. The second-order valence-corrected chi connectivity index (χ2v) is 7.49. The number of hydrogen-bond acceptors (Lipinski definition) is 6. The number of amides is 1. The Morgan fingerprint density at radius 1 is 1.27 bits per heavy atom. The Labute approximate surface area is 156 Å². The molecule has 2 fully saturated rings. The molecular weight excluding hydrogens is 330 g/mol. The molecule has 0 aromatic carbocycles. The normalized spacial score (nSPS) is 21.6. The Balaban J connectivity index is 1.59. The molecular formula is C19H31N5O2. The predicted molar refractivity (Wildman–Crippen MR) is 103 cm³/mol. The number of hydrogen-bond donors (Lipinski definition) is 1. The SMILES string of the molecule is CCOC(=O)N1CCC(Nc2nc(C)cc(N3CCCC(C)C3)n2)CC1. The van der Waals surface area contributed by atoms with Crippen molar-refractivity contribution in [2.75, 3.05) is 43.0 Å². The maximum atomic E-state index is 11.8. The summed E-state index contributed by atoms with van der Waals surface area (Å²) in [4.78, 5) is 25.3. The summed E-state index contributed by atoms with van der Waals surface area (Å²) >= 11 is 0. The number of likely N-dealkylation sites (tertiary alicyclic amines) is 1. The number of nitrogens with zero attached hydrogens (tertiary/aromatic N) is 4. The van der Waals surface area contributed by atoms with Crippen molar-refractivity contribution in [3.05, 3.63) is 11.8 Å². The number of ether oxygens (including phenoxy) is 1. The van der Waals surface area contributed by atoms with E-state index in [1.165, 1.54) is 12.8 Å². The smallest absolute Gasteiger partial charge is 0.409 e. The first-order valence-corrected chi connectivity index (χ1v) is 9.84. The van der Waals surface area contributed by atoms with E-state index in [2.05, 4.69) is 28.2 Å². The average molecular weight is 361 g/mol. The van der Waals surface area contributed by atoms with Gasteiger partial charge in [0.2, 0.25) is 5.95 Å². The van der Waals surface area contributed by atoms with Crippen molar-refractivity contribution in [3.8, 4) is 0 Å². The van der Waals surface area contributed by atoms with E-state index in [9.17, 15) is 4.79 Å². The molecule has 1 unspecified atom stereocenters. The van der Waals surface area contributed by atoms with E-state index in [4.69, 9.17) is 9.72 Å². The first-order valence-electron chi connectivity index (χ1n) is 9.84. The number of aromatic nitrogens is 2. The second kappa shape index (κ2) is 8.56. The first kappa shape index (κ1) is 18.7. The molecule has 26 heavy (non-hydrogen) atoms. The van der Waals surface area contributed by atoms with E-state index < -0.39 is 0 Å². The fraction of sp³-hybridized carbons (Fsp3) is 0.737. The van der Waals surface area contributed by atoms with Crippen LogP contribution in [-0.4, -0.2) is 59.8 Å². The zero-order valence-corrected chi connectivity index (χ0v) is 16.2. The molecule has 1 N–H and O–H groups in total. The van der Waals surface area contributed by atoms with Crippen LogP contribution in [0.25, 0.3) is 0 Å². The van der Waals surface area contributed by atoms with Gasteiger partial charge in [-0.05, 0) is 45.4 Å². The fourth-order valence-electron chi connectivity index (χ4n) is 3.78. The summed E-state index contributed by atoms with van der Waals surface area (Å²) in [6.45, 7) is 10.1. The quantitative estimate of drug-likeness (QED) is 0.889. The van der Waals surface area contributed by atoms with E-state index in [1.54, 1.807) is 4.90 Å². The maximum Gasteiger partial charge on any atom is 0.409 e. The van der Waals surface area contributed by atoms with Crippen molar-refractivity contribution in [3.63, 3.8) is 0 Å². The van der Waals surface area contributed by atoms with Gasteiger partial charge in [0, 0.05) is 44.0 Å². The summed E-state index contributed by atoms with van der Waals surface area (Å²) in [6.07, 6.45) is 4.07. The van der Waals surface area contributed by atoms with Gasteiger partial charge in [-0.15, -0.1) is 0 Å². The van der Waals surface area contributed by atoms with Crippen LogP contribution in [-0.2, 0) is 4.74 Å². The molecule has 0 bridgehead atoms. The van der Waals surface area contributed by atoms with E-state index in [1.807, 2.05) is 13.8 Å². The van der Waals surface area contributed by atoms with E-state index in [0.29, 0.717) is 31.6 Å². The average Bonchev–Trinajstić information content (AvgIpc) is 2.62. The summed E-state index contributed by atoms with van der Waals surface area (Å²) < 4.78 is 5.08. The number of piperidine rings is 2. The van der Waals surface area contributed by atoms with Gasteiger partial charge in [-0.3, -0.25) is 0 Å². The molecule has 3 rings (SSSR count). The highest BCUT2D eigenvalue weighted by atomic mass is 16.6. The molecule has 1 amide bonds. The lowest BCUT2D eigenvalue weighted by Gasteiger charge is -2.33. The van der Waals surface area contributed by atoms with Crippen molar-refractivity contribution in [2.24, 2.45) is 5.92 Å². The molecule has 0 aliphatic carbocycles. The van der Waals surface area contributed by atoms with E-state index >= 15 is 0 Å². The summed E-state index contributed by atoms with van der Waals surface area (Å²) in [7, 11) is 0. The number of anilines is 2. The third-order valence-corrected chi connectivity index (χ3v) is 5.18. The Hall–Kier alpha value is -2.05. The Morgan fingerprint density at radius 2 is 2.04 bits per heavy atom. The van der Waals surface area contributed by atoms with Crippen LogP contribution in [0.2, 0.25) is 0 Å². The van der Waals surface area contributed by atoms with E-state index in [0.717, 1.165) is 37.4 Å². The largest absolute Gasteiger partial charge is 0.450 e. The van der Waals surface area contributed by atoms with Crippen LogP contribution in [0.4, 0.5) is 16.6 Å². The van der Waals surface area contributed by atoms with Crippen molar-refractivity contribution in [1.29, 1.82) is 0 Å². The van der Waals surface area contributed by atoms with Crippen LogP contribution in [0.1, 0.15) is 45.2 Å². The third-order valence-electron chi connectivity index (χ3n) is 5.18. The number of carbonyl (C=O) groups is 1. The molecule has 0 spiro atoms. The maximum absolute atomic E-state index is 11.8. The molecule has 7 heteroatoms. The van der Waals surface area contributed by atoms with Crippen LogP contribution in [0.3, 0.4) is 0 Å². The molecule has 2 aliphatic heterocycles. The van der Waals surface area contributed by atoms with Crippen LogP contribution in [0.15, 0.2) is 6.07 Å². The monoisotopic (exact) mass is 361 g/mol. The van der Waals surface area contributed by atoms with Crippen LogP contribution in [0, 0.1) is 12.8 Å². The number of nitrogens with one attached hydrogen (secondary N) is 1. The highest BCUT2D eigenvalue weighted by Crippen LogP contribution is 2.23. The van der Waals surface area contributed by atoms with Crippen LogP contribution in [0.5, 0.6) is 0 Å². The van der Waals surface area contributed by atoms with Gasteiger partial charge < -0.3 is 19.9 Å². The minimum atomic E-state index is -0.209. The lowest BCUT2D eigenvalue weighted by atomic mass is 10.0. The Morgan fingerprint density at radius 3 is 2.73 bits per heavy atom. The lowest BCUT2D eigenvalue weighted by Crippen LogP contribution is -2.43. The molecule has 1 atom stereocenters. The van der Waals surface area contributed by atoms with Crippen LogP contribution >= 0.6 is 0 Å². The third kappa shape index (κ3) is 4.77. The summed E-state index contributed by atoms with van der Waals surface area (Å²) in [5.41, 5.74) is 0.986. The first-order chi connectivity index (χ1) is 12.5. The van der Waals surface area contributed by atoms with Gasteiger partial charge in [0.1, 0.15) is 5.82 Å². The molecule has 144 valence electrons. The molecule has 2 aliphatic rings. The van der Waals surface area contributed by atoms with Gasteiger partial charge >= 0.3 is 6.09 Å². The van der Waals surface area contributed by atoms with Crippen LogP contribution < -0.4 is 10.2 Å². The van der Waals surface area contributed by atoms with Gasteiger partial charge in [0.05, 0.1) is 6.61 Å². The fourth-order valence-corrected chi connectivity index (χ4v) is 3.78. The minimum absolute atomic E-state index is 0.209. The van der Waals surface area contributed by atoms with Gasteiger partial charge in [-0.2, -0.15) is 4.98 Å². The molecule has 2 saturated heterocycles. The molecule has 0 radical (unpaired) electrons. The number of aryl methyl sites for hydroxylation is 1. The van der Waals surface area contributed by atoms with Gasteiger partial charge in [0.25, 0.3) is 0 Å². The van der Waals surface area contributed by atoms with Crippen molar-refractivity contribution in [2.45, 2.75) is 52.5 Å². The summed E-state index contributed by atoms with van der Waals surface area (Å²) in [6, 6.07) is 2.36. The molecule has 7 nitrogen and oxygen atoms in total. The molecule has 3 heterocycles. The molecule has 1 aromatic rings. The van der Waals surface area contributed by atoms with Gasteiger partial charge in [-0.1, -0.05) is 6.92 Å². The molecule has 1 aromatic heterocycles. The lowest BCUT2D eigenvalue weighted by molar-refractivity contribution is 0.0983. The van der Waals surface area contributed by atoms with Crippen molar-refractivity contribution >= 4 is 17.9 Å². The number of rotatable bonds is 4. The topological polar surface area (TPSA) is 70.6 Å². The highest BCUT2D eigenvalue weighted by Gasteiger charge is 2.24. The van der Waals surface area contributed by atoms with Crippen molar-refractivity contribution in [1.82, 2.24) is 14.9 Å². The van der Waals surface area contributed by atoms with Gasteiger partial charge in [-0.25, -0.2) is 9.78 Å². The summed E-state index contributed by atoms with van der Waals surface area (Å²) in [5.74, 6) is 2.44. The standard InChI is InChI=1S/C19H31N5O2/c1-4-26-19(25)23-10-7-16(8-11-23)21-18-20-15(3)12-17(22-18)24-9-5-6-14(2)13-24/h12,14,16H,4-11,13H2,1-3H3,(H,20,21,22). The zero-order chi connectivity index (χ0) is 18.5. The Bertz CT molecular complexity index is 616. The van der Waals surface area contributed by atoms with E-state index in [-0.39, 0.29) is 12.1 Å². The molecule has 0 saturated carbocycles. The highest BCUT2D eigenvalue weighted by molar-refractivity contribution is 5.67. The van der Waals surface area contributed by atoms with Crippen molar-refractivity contribution < 1.29 is 9.53 Å². The van der Waals surface area contributed by atoms with Gasteiger partial charge in [0.15, 0.2) is 0 Å². The minimum Gasteiger partial charge on any atom is -0.450 e. The Kier molecular flexibility index (Phi) is 6.16. The second-order valence-electron chi connectivity index (χ2n) is 7.49. The number of carbonyl (C=O) groups excluding carboxylic acids is 1. The zero-order valence-electron chi connectivity index (χ0n) is 16.2. The summed E-state index contributed by atoms with van der Waals surface area (Å²) in [5, 5.41) is 3.48.